The van der Waals surface area contributed by atoms with Gasteiger partial charge in [0.05, 0.1) is 24.1 Å². The molecule has 0 bridgehead atoms. The third kappa shape index (κ3) is 1.43. The summed E-state index contributed by atoms with van der Waals surface area (Å²) in [6.45, 7) is 0.999. The second-order valence-corrected chi connectivity index (χ2v) is 7.17. The third-order valence-corrected chi connectivity index (χ3v) is 5.77. The van der Waals surface area contributed by atoms with E-state index >= 15 is 0 Å². The fraction of sp³-hybridized carbons (Fsp3) is 0.500. The predicted octanol–water partition coefficient (Wildman–Crippen LogP) is 0.893. The summed E-state index contributed by atoms with van der Waals surface area (Å²) in [4.78, 5) is 0. The predicted molar refractivity (Wildman–Crippen MR) is 58.1 cm³/mol. The first kappa shape index (κ1) is 10.9. The van der Waals surface area contributed by atoms with Crippen LogP contribution in [0.2, 0.25) is 4.34 Å². The van der Waals surface area contributed by atoms with E-state index in [-0.39, 0.29) is 10.8 Å². The van der Waals surface area contributed by atoms with Crippen LogP contribution < -0.4 is 4.72 Å². The van der Waals surface area contributed by atoms with Crippen molar-refractivity contribution in [3.05, 3.63) is 16.0 Å². The highest BCUT2D eigenvalue weighted by Crippen LogP contribution is 2.43. The molecule has 16 heavy (non-hydrogen) atoms. The summed E-state index contributed by atoms with van der Waals surface area (Å²) in [6, 6.07) is 1.60. The zero-order valence-electron chi connectivity index (χ0n) is 8.03. The Balaban J connectivity index is 2.22. The molecule has 3 rings (SSSR count). The lowest BCUT2D eigenvalue weighted by Crippen LogP contribution is -2.46. The van der Waals surface area contributed by atoms with Gasteiger partial charge in [-0.15, -0.1) is 11.3 Å². The Morgan fingerprint density at radius 3 is 2.81 bits per heavy atom. The quantitative estimate of drug-likeness (QED) is 0.767. The molecule has 2 aliphatic rings. The van der Waals surface area contributed by atoms with E-state index in [1.54, 1.807) is 6.07 Å². The van der Waals surface area contributed by atoms with E-state index < -0.39 is 15.8 Å². The van der Waals surface area contributed by atoms with E-state index in [1.807, 2.05) is 0 Å². The molecule has 1 aromatic heterocycles. The first-order valence-electron chi connectivity index (χ1n) is 4.61. The van der Waals surface area contributed by atoms with Crippen LogP contribution >= 0.6 is 22.9 Å². The maximum atomic E-state index is 11.8. The van der Waals surface area contributed by atoms with Crippen LogP contribution in [0, 0.1) is 0 Å². The van der Waals surface area contributed by atoms with E-state index in [0.29, 0.717) is 23.1 Å². The Hall–Kier alpha value is -0.180. The number of rotatable bonds is 0. The Morgan fingerprint density at radius 2 is 2.12 bits per heavy atom. The van der Waals surface area contributed by atoms with Gasteiger partial charge in [-0.2, -0.15) is 0 Å². The van der Waals surface area contributed by atoms with E-state index in [9.17, 15) is 8.42 Å². The fourth-order valence-corrected chi connectivity index (χ4v) is 4.93. The minimum absolute atomic E-state index is 0.0927. The summed E-state index contributed by atoms with van der Waals surface area (Å²) in [5.74, 6) is -0.982. The molecule has 8 heteroatoms. The van der Waals surface area contributed by atoms with Crippen molar-refractivity contribution in [2.45, 2.75) is 10.00 Å². The summed E-state index contributed by atoms with van der Waals surface area (Å²) >= 11 is 6.87. The highest BCUT2D eigenvalue weighted by molar-refractivity contribution is 7.91. The van der Waals surface area contributed by atoms with Gasteiger partial charge in [0.15, 0.2) is 0 Å². The number of ether oxygens (including phenoxy) is 2. The monoisotopic (exact) mass is 281 g/mol. The second kappa shape index (κ2) is 3.41. The largest absolute Gasteiger partial charge is 0.342 e. The van der Waals surface area contributed by atoms with Crippen molar-refractivity contribution in [1.82, 2.24) is 4.72 Å². The maximum Gasteiger partial charge on any atom is 0.250 e. The fourth-order valence-electron chi connectivity index (χ4n) is 1.87. The maximum absolute atomic E-state index is 11.8. The van der Waals surface area contributed by atoms with Crippen LogP contribution in [0.15, 0.2) is 10.3 Å². The molecule has 1 spiro atoms. The molecule has 0 atom stereocenters. The minimum atomic E-state index is -3.46. The molecular formula is C8H8ClNO4S2. The van der Waals surface area contributed by atoms with Crippen molar-refractivity contribution < 1.29 is 17.9 Å². The van der Waals surface area contributed by atoms with Gasteiger partial charge in [-0.25, -0.2) is 13.1 Å². The number of hydrogen-bond donors (Lipinski definition) is 1. The van der Waals surface area contributed by atoms with Crippen molar-refractivity contribution in [2.75, 3.05) is 19.8 Å². The van der Waals surface area contributed by atoms with E-state index in [4.69, 9.17) is 21.1 Å². The van der Waals surface area contributed by atoms with Crippen LogP contribution in [0.3, 0.4) is 0 Å². The zero-order valence-corrected chi connectivity index (χ0v) is 10.4. The molecule has 88 valence electrons. The topological polar surface area (TPSA) is 64.6 Å². The highest BCUT2D eigenvalue weighted by Gasteiger charge is 2.48. The number of thiophene rings is 1. The molecule has 1 aromatic rings. The first-order valence-corrected chi connectivity index (χ1v) is 7.29. The molecule has 1 saturated heterocycles. The van der Waals surface area contributed by atoms with Crippen LogP contribution in [0.1, 0.15) is 5.56 Å². The lowest BCUT2D eigenvalue weighted by molar-refractivity contribution is -0.162. The molecule has 0 amide bonds. The van der Waals surface area contributed by atoms with Gasteiger partial charge >= 0.3 is 0 Å². The summed E-state index contributed by atoms with van der Waals surface area (Å²) in [6.07, 6.45) is 0. The Kier molecular flexibility index (Phi) is 2.33. The molecule has 3 heterocycles. The molecular weight excluding hydrogens is 274 g/mol. The molecule has 5 nitrogen and oxygen atoms in total. The van der Waals surface area contributed by atoms with Gasteiger partial charge in [0.2, 0.25) is 5.79 Å². The normalized spacial score (nSPS) is 25.8. The van der Waals surface area contributed by atoms with Crippen molar-refractivity contribution >= 4 is 33.0 Å². The van der Waals surface area contributed by atoms with Crippen LogP contribution in [0.5, 0.6) is 0 Å². The van der Waals surface area contributed by atoms with Gasteiger partial charge in [-0.1, -0.05) is 11.6 Å². The number of halogens is 1. The lowest BCUT2D eigenvalue weighted by atomic mass is 10.1. The van der Waals surface area contributed by atoms with Gasteiger partial charge in [-0.05, 0) is 6.07 Å². The average molecular weight is 282 g/mol. The summed E-state index contributed by atoms with van der Waals surface area (Å²) in [5, 5.41) is 0. The van der Waals surface area contributed by atoms with E-state index in [0.717, 1.165) is 11.3 Å². The Bertz CT molecular complexity index is 532. The van der Waals surface area contributed by atoms with Gasteiger partial charge in [0.25, 0.3) is 10.0 Å². The number of sulfonamides is 1. The molecule has 2 aliphatic heterocycles. The SMILES string of the molecule is O=S1(=O)NCC2(OCCO2)c2cc(Cl)sc21. The number of hydrogen-bond acceptors (Lipinski definition) is 5. The zero-order chi connectivity index (χ0) is 11.4. The van der Waals surface area contributed by atoms with Crippen LogP contribution in [-0.4, -0.2) is 28.2 Å². The molecule has 0 aromatic carbocycles. The molecule has 0 aliphatic carbocycles. The number of fused-ring (bicyclic) bond motifs is 2. The second-order valence-electron chi connectivity index (χ2n) is 3.53. The van der Waals surface area contributed by atoms with Gasteiger partial charge in [0, 0.05) is 5.56 Å². The molecule has 0 radical (unpaired) electrons. The van der Waals surface area contributed by atoms with Crippen LogP contribution in [0.4, 0.5) is 0 Å². The minimum Gasteiger partial charge on any atom is -0.342 e. The average Bonchev–Trinajstić information content (AvgIpc) is 2.81. The molecule has 1 N–H and O–H groups in total. The van der Waals surface area contributed by atoms with Crippen molar-refractivity contribution in [3.63, 3.8) is 0 Å². The first-order chi connectivity index (χ1) is 7.54. The summed E-state index contributed by atoms with van der Waals surface area (Å²) in [5.41, 5.74) is 0.513. The molecule has 0 saturated carbocycles. The Morgan fingerprint density at radius 1 is 1.44 bits per heavy atom. The summed E-state index contributed by atoms with van der Waals surface area (Å²) < 4.78 is 37.6. The van der Waals surface area contributed by atoms with Gasteiger partial charge in [0.1, 0.15) is 4.21 Å². The van der Waals surface area contributed by atoms with Gasteiger partial charge in [-0.3, -0.25) is 0 Å². The third-order valence-electron chi connectivity index (χ3n) is 2.57. The molecule has 1 fully saturated rings. The van der Waals surface area contributed by atoms with Crippen molar-refractivity contribution in [2.24, 2.45) is 0 Å². The summed E-state index contributed by atoms with van der Waals surface area (Å²) in [7, 11) is -3.46. The lowest BCUT2D eigenvalue weighted by Gasteiger charge is -2.31. The number of nitrogens with one attached hydrogen (secondary N) is 1. The van der Waals surface area contributed by atoms with Gasteiger partial charge < -0.3 is 9.47 Å². The standard InChI is InChI=1S/C8H8ClNO4S2/c9-6-3-5-7(15-6)16(11,12)10-4-8(5)13-1-2-14-8/h3,10H,1-2,4H2. The Labute approximate surface area is 101 Å². The van der Waals surface area contributed by atoms with E-state index in [1.165, 1.54) is 0 Å². The van der Waals surface area contributed by atoms with E-state index in [2.05, 4.69) is 4.72 Å². The molecule has 0 unspecified atom stereocenters. The van der Waals surface area contributed by atoms with Crippen LogP contribution in [-0.2, 0) is 25.3 Å². The van der Waals surface area contributed by atoms with Crippen molar-refractivity contribution in [3.8, 4) is 0 Å². The smallest absolute Gasteiger partial charge is 0.250 e. The van der Waals surface area contributed by atoms with Crippen LogP contribution in [0.25, 0.3) is 0 Å². The van der Waals surface area contributed by atoms with Crippen molar-refractivity contribution in [1.29, 1.82) is 0 Å². The highest BCUT2D eigenvalue weighted by atomic mass is 35.5.